The second-order valence-corrected chi connectivity index (χ2v) is 2.74. The smallest absolute Gasteiger partial charge is 0.137 e. The van der Waals surface area contributed by atoms with Crippen LogP contribution in [0.4, 0.5) is 0 Å². The van der Waals surface area contributed by atoms with Crippen molar-refractivity contribution in [2.24, 2.45) is 10.1 Å². The Morgan fingerprint density at radius 2 is 2.75 bits per heavy atom. The van der Waals surface area contributed by atoms with Crippen molar-refractivity contribution in [2.45, 2.75) is 6.92 Å². The first kappa shape index (κ1) is 8.77. The predicted molar refractivity (Wildman–Crippen MR) is 49.6 cm³/mol. The maximum Gasteiger partial charge on any atom is 0.137 e. The van der Waals surface area contributed by atoms with E-state index in [0.29, 0.717) is 13.2 Å². The Morgan fingerprint density at radius 1 is 1.92 bits per heavy atom. The largest absolute Gasteiger partial charge is 0.391 e. The molecule has 0 fully saturated rings. The molecule has 0 atom stereocenters. The predicted octanol–water partition coefficient (Wildman–Crippen LogP) is 0.567. The SMILES string of the molecule is C=C(C)CO/N=C1/CN=CNC1. The lowest BCUT2D eigenvalue weighted by Crippen LogP contribution is -2.28. The molecule has 0 saturated carbocycles. The molecule has 0 aliphatic carbocycles. The fourth-order valence-corrected chi connectivity index (χ4v) is 0.730. The highest BCUT2D eigenvalue weighted by Gasteiger charge is 2.01. The summed E-state index contributed by atoms with van der Waals surface area (Å²) in [4.78, 5) is 9.00. The highest BCUT2D eigenvalue weighted by molar-refractivity contribution is 5.92. The summed E-state index contributed by atoms with van der Waals surface area (Å²) in [6.07, 6.45) is 1.68. The van der Waals surface area contributed by atoms with Crippen LogP contribution in [0.15, 0.2) is 22.3 Å². The number of nitrogens with zero attached hydrogens (tertiary/aromatic N) is 2. The number of nitrogens with one attached hydrogen (secondary N) is 1. The molecule has 1 aliphatic rings. The van der Waals surface area contributed by atoms with Gasteiger partial charge in [-0.2, -0.15) is 0 Å². The van der Waals surface area contributed by atoms with E-state index in [-0.39, 0.29) is 0 Å². The Balaban J connectivity index is 2.26. The first-order chi connectivity index (χ1) is 5.79. The van der Waals surface area contributed by atoms with Gasteiger partial charge in [-0.25, -0.2) is 0 Å². The standard InChI is InChI=1S/C8H13N3O/c1-7(2)5-12-11-8-3-9-6-10-4-8/h6H,1,3-5H2,2H3,(H,9,10). The molecule has 4 nitrogen and oxygen atoms in total. The molecule has 1 heterocycles. The normalized spacial score (nSPS) is 18.9. The third-order valence-electron chi connectivity index (χ3n) is 1.27. The van der Waals surface area contributed by atoms with Gasteiger partial charge in [-0.1, -0.05) is 11.7 Å². The van der Waals surface area contributed by atoms with E-state index in [2.05, 4.69) is 22.0 Å². The zero-order valence-electron chi connectivity index (χ0n) is 7.21. The first-order valence-electron chi connectivity index (χ1n) is 3.83. The van der Waals surface area contributed by atoms with Crippen LogP contribution in [0.3, 0.4) is 0 Å². The first-order valence-corrected chi connectivity index (χ1v) is 3.83. The summed E-state index contributed by atoms with van der Waals surface area (Å²) in [5, 5.41) is 6.85. The van der Waals surface area contributed by atoms with Crippen LogP contribution in [0, 0.1) is 0 Å². The van der Waals surface area contributed by atoms with E-state index in [1.54, 1.807) is 6.34 Å². The topological polar surface area (TPSA) is 46.0 Å². The van der Waals surface area contributed by atoms with Crippen molar-refractivity contribution in [1.82, 2.24) is 5.32 Å². The van der Waals surface area contributed by atoms with E-state index >= 15 is 0 Å². The Hall–Kier alpha value is -1.32. The third kappa shape index (κ3) is 3.18. The van der Waals surface area contributed by atoms with Crippen molar-refractivity contribution in [3.05, 3.63) is 12.2 Å². The van der Waals surface area contributed by atoms with Gasteiger partial charge in [-0.15, -0.1) is 0 Å². The molecule has 0 radical (unpaired) electrons. The molecule has 66 valence electrons. The molecule has 12 heavy (non-hydrogen) atoms. The van der Waals surface area contributed by atoms with Crippen LogP contribution >= 0.6 is 0 Å². The zero-order valence-corrected chi connectivity index (χ0v) is 7.21. The zero-order chi connectivity index (χ0) is 8.81. The molecule has 0 spiro atoms. The average molecular weight is 167 g/mol. The summed E-state index contributed by atoms with van der Waals surface area (Å²) < 4.78 is 0. The van der Waals surface area contributed by atoms with Gasteiger partial charge in [-0.3, -0.25) is 4.99 Å². The second kappa shape index (κ2) is 4.54. The van der Waals surface area contributed by atoms with E-state index in [4.69, 9.17) is 4.84 Å². The number of rotatable bonds is 3. The van der Waals surface area contributed by atoms with Crippen LogP contribution in [0.2, 0.25) is 0 Å². The molecule has 0 aromatic carbocycles. The summed E-state index contributed by atoms with van der Waals surface area (Å²) in [6, 6.07) is 0. The van der Waals surface area contributed by atoms with Crippen molar-refractivity contribution >= 4 is 12.1 Å². The quantitative estimate of drug-likeness (QED) is 0.493. The lowest BCUT2D eigenvalue weighted by atomic mass is 10.3. The average Bonchev–Trinajstić information content (AvgIpc) is 2.05. The summed E-state index contributed by atoms with van der Waals surface area (Å²) in [6.45, 7) is 7.43. The van der Waals surface area contributed by atoms with Crippen LogP contribution in [-0.2, 0) is 4.84 Å². The maximum atomic E-state index is 5.01. The van der Waals surface area contributed by atoms with Gasteiger partial charge in [0.05, 0.1) is 25.1 Å². The van der Waals surface area contributed by atoms with Crippen molar-refractivity contribution in [2.75, 3.05) is 19.7 Å². The second-order valence-electron chi connectivity index (χ2n) is 2.74. The van der Waals surface area contributed by atoms with E-state index < -0.39 is 0 Å². The van der Waals surface area contributed by atoms with Gasteiger partial charge in [0.1, 0.15) is 6.61 Å². The lowest BCUT2D eigenvalue weighted by Gasteiger charge is -2.08. The van der Waals surface area contributed by atoms with Gasteiger partial charge in [-0.05, 0) is 12.5 Å². The number of hydrogen-bond acceptors (Lipinski definition) is 4. The van der Waals surface area contributed by atoms with Crippen LogP contribution in [0.1, 0.15) is 6.92 Å². The van der Waals surface area contributed by atoms with Crippen molar-refractivity contribution < 1.29 is 4.84 Å². The maximum absolute atomic E-state index is 5.01. The molecule has 0 aromatic heterocycles. The van der Waals surface area contributed by atoms with Crippen LogP contribution in [-0.4, -0.2) is 31.7 Å². The van der Waals surface area contributed by atoms with E-state index in [1.807, 2.05) is 6.92 Å². The number of hydrogen-bond donors (Lipinski definition) is 1. The van der Waals surface area contributed by atoms with Crippen LogP contribution < -0.4 is 5.32 Å². The van der Waals surface area contributed by atoms with E-state index in [9.17, 15) is 0 Å². The molecule has 0 unspecified atom stereocenters. The van der Waals surface area contributed by atoms with E-state index in [0.717, 1.165) is 17.8 Å². The molecule has 0 amide bonds. The fourth-order valence-electron chi connectivity index (χ4n) is 0.730. The Bertz CT molecular complexity index is 220. The number of oxime groups is 1. The number of aliphatic imine (C=N–C) groups is 1. The highest BCUT2D eigenvalue weighted by atomic mass is 16.6. The van der Waals surface area contributed by atoms with Gasteiger partial charge in [0.2, 0.25) is 0 Å². The molecule has 0 saturated heterocycles. The van der Waals surface area contributed by atoms with Crippen molar-refractivity contribution in [3.63, 3.8) is 0 Å². The highest BCUT2D eigenvalue weighted by Crippen LogP contribution is 1.91. The molecule has 0 aromatic rings. The Morgan fingerprint density at radius 3 is 3.33 bits per heavy atom. The molecule has 0 bridgehead atoms. The summed E-state index contributed by atoms with van der Waals surface area (Å²) in [5.41, 5.74) is 1.88. The molecule has 4 heteroatoms. The Kier molecular flexibility index (Phi) is 3.32. The lowest BCUT2D eigenvalue weighted by molar-refractivity contribution is 0.167. The van der Waals surface area contributed by atoms with Gasteiger partial charge in [0, 0.05) is 0 Å². The summed E-state index contributed by atoms with van der Waals surface area (Å²) in [7, 11) is 0. The molecular formula is C8H13N3O. The van der Waals surface area contributed by atoms with Crippen LogP contribution in [0.5, 0.6) is 0 Å². The van der Waals surface area contributed by atoms with Crippen molar-refractivity contribution in [1.29, 1.82) is 0 Å². The molecule has 1 aliphatic heterocycles. The van der Waals surface area contributed by atoms with Gasteiger partial charge >= 0.3 is 0 Å². The van der Waals surface area contributed by atoms with Gasteiger partial charge in [0.25, 0.3) is 0 Å². The van der Waals surface area contributed by atoms with Gasteiger partial charge in [0.15, 0.2) is 0 Å². The minimum Gasteiger partial charge on any atom is -0.391 e. The molecule has 1 N–H and O–H groups in total. The molecule has 1 rings (SSSR count). The minimum absolute atomic E-state index is 0.479. The van der Waals surface area contributed by atoms with Gasteiger partial charge < -0.3 is 10.2 Å². The Labute approximate surface area is 72.0 Å². The molecular weight excluding hydrogens is 154 g/mol. The minimum atomic E-state index is 0.479. The monoisotopic (exact) mass is 167 g/mol. The summed E-state index contributed by atoms with van der Waals surface area (Å²) in [5.74, 6) is 0. The van der Waals surface area contributed by atoms with Crippen molar-refractivity contribution in [3.8, 4) is 0 Å². The fraction of sp³-hybridized carbons (Fsp3) is 0.500. The van der Waals surface area contributed by atoms with Crippen LogP contribution in [0.25, 0.3) is 0 Å². The third-order valence-corrected chi connectivity index (χ3v) is 1.27. The van der Waals surface area contributed by atoms with E-state index in [1.165, 1.54) is 0 Å². The summed E-state index contributed by atoms with van der Waals surface area (Å²) >= 11 is 0.